The van der Waals surface area contributed by atoms with Gasteiger partial charge in [-0.25, -0.2) is 0 Å². The molecule has 0 bridgehead atoms. The van der Waals surface area contributed by atoms with E-state index in [-0.39, 0.29) is 0 Å². The van der Waals surface area contributed by atoms with E-state index in [1.54, 1.807) is 7.11 Å². The third kappa shape index (κ3) is 6.02. The molecule has 4 heteroatoms. The van der Waals surface area contributed by atoms with Crippen LogP contribution in [0.15, 0.2) is 0 Å². The molecule has 0 saturated carbocycles. The first kappa shape index (κ1) is 16.4. The van der Waals surface area contributed by atoms with E-state index in [9.17, 15) is 5.26 Å². The minimum atomic E-state index is -0.478. The lowest BCUT2D eigenvalue weighted by atomic mass is 10.0. The number of hydrogen-bond acceptors (Lipinski definition) is 4. The molecule has 0 amide bonds. The standard InChI is InChI=1S/C13H27N3O/c1-6-8-15-13(4,10-14)11-16(7-2)12(3)9-17-5/h12,15H,6-9,11H2,1-5H3. The lowest BCUT2D eigenvalue weighted by Gasteiger charge is -2.34. The first-order valence-corrected chi connectivity index (χ1v) is 6.42. The molecule has 0 aliphatic heterocycles. The van der Waals surface area contributed by atoms with Crippen molar-refractivity contribution in [2.24, 2.45) is 0 Å². The second kappa shape index (κ2) is 8.46. The predicted octanol–water partition coefficient (Wildman–Crippen LogP) is 1.63. The number of nitriles is 1. The minimum absolute atomic E-state index is 0.334. The van der Waals surface area contributed by atoms with Crippen molar-refractivity contribution < 1.29 is 4.74 Å². The van der Waals surface area contributed by atoms with Gasteiger partial charge in [-0.2, -0.15) is 5.26 Å². The lowest BCUT2D eigenvalue weighted by Crippen LogP contribution is -2.53. The number of nitrogens with zero attached hydrogens (tertiary/aromatic N) is 2. The average Bonchev–Trinajstić information content (AvgIpc) is 2.33. The zero-order valence-corrected chi connectivity index (χ0v) is 11.9. The van der Waals surface area contributed by atoms with Gasteiger partial charge in [-0.05, 0) is 33.4 Å². The molecule has 4 nitrogen and oxygen atoms in total. The van der Waals surface area contributed by atoms with Gasteiger partial charge >= 0.3 is 0 Å². The summed E-state index contributed by atoms with van der Waals surface area (Å²) < 4.78 is 5.17. The average molecular weight is 241 g/mol. The predicted molar refractivity (Wildman–Crippen MR) is 70.9 cm³/mol. The van der Waals surface area contributed by atoms with Crippen LogP contribution >= 0.6 is 0 Å². The van der Waals surface area contributed by atoms with Gasteiger partial charge in [-0.3, -0.25) is 10.2 Å². The highest BCUT2D eigenvalue weighted by Crippen LogP contribution is 2.09. The number of ether oxygens (including phenoxy) is 1. The molecule has 0 aromatic heterocycles. The fourth-order valence-electron chi connectivity index (χ4n) is 1.86. The largest absolute Gasteiger partial charge is 0.383 e. The second-order valence-corrected chi connectivity index (χ2v) is 4.74. The van der Waals surface area contributed by atoms with E-state index in [0.717, 1.165) is 26.1 Å². The van der Waals surface area contributed by atoms with Crippen LogP contribution in [0.1, 0.15) is 34.1 Å². The van der Waals surface area contributed by atoms with Gasteiger partial charge in [-0.15, -0.1) is 0 Å². The zero-order valence-electron chi connectivity index (χ0n) is 11.9. The number of hydrogen-bond donors (Lipinski definition) is 1. The molecule has 17 heavy (non-hydrogen) atoms. The Kier molecular flexibility index (Phi) is 8.15. The summed E-state index contributed by atoms with van der Waals surface area (Å²) in [7, 11) is 1.71. The maximum atomic E-state index is 9.30. The van der Waals surface area contributed by atoms with Crippen LogP contribution in [0.3, 0.4) is 0 Å². The fraction of sp³-hybridized carbons (Fsp3) is 0.923. The molecule has 0 radical (unpaired) electrons. The number of likely N-dealkylation sites (N-methyl/N-ethyl adjacent to an activating group) is 1. The molecule has 100 valence electrons. The smallest absolute Gasteiger partial charge is 0.116 e. The highest BCUT2D eigenvalue weighted by atomic mass is 16.5. The minimum Gasteiger partial charge on any atom is -0.383 e. The van der Waals surface area contributed by atoms with Crippen LogP contribution in [0, 0.1) is 11.3 Å². The summed E-state index contributed by atoms with van der Waals surface area (Å²) in [6.45, 7) is 11.5. The first-order valence-electron chi connectivity index (χ1n) is 6.42. The van der Waals surface area contributed by atoms with E-state index in [0.29, 0.717) is 12.6 Å². The van der Waals surface area contributed by atoms with E-state index in [1.165, 1.54) is 0 Å². The van der Waals surface area contributed by atoms with Crippen molar-refractivity contribution in [1.82, 2.24) is 10.2 Å². The maximum Gasteiger partial charge on any atom is 0.116 e. The van der Waals surface area contributed by atoms with Crippen molar-refractivity contribution in [2.45, 2.75) is 45.7 Å². The van der Waals surface area contributed by atoms with Crippen LogP contribution in [-0.2, 0) is 4.74 Å². The molecule has 2 atom stereocenters. The molecular weight excluding hydrogens is 214 g/mol. The van der Waals surface area contributed by atoms with Crippen LogP contribution < -0.4 is 5.32 Å². The third-order valence-electron chi connectivity index (χ3n) is 2.97. The Morgan fingerprint density at radius 3 is 2.53 bits per heavy atom. The third-order valence-corrected chi connectivity index (χ3v) is 2.97. The van der Waals surface area contributed by atoms with Crippen molar-refractivity contribution in [2.75, 3.05) is 33.4 Å². The summed E-state index contributed by atoms with van der Waals surface area (Å²) in [5, 5.41) is 12.6. The van der Waals surface area contributed by atoms with Gasteiger partial charge in [0.15, 0.2) is 0 Å². The summed E-state index contributed by atoms with van der Waals surface area (Å²) >= 11 is 0. The molecule has 0 fully saturated rings. The molecule has 0 aliphatic rings. The van der Waals surface area contributed by atoms with Crippen molar-refractivity contribution in [3.05, 3.63) is 0 Å². The summed E-state index contributed by atoms with van der Waals surface area (Å²) in [6.07, 6.45) is 1.04. The summed E-state index contributed by atoms with van der Waals surface area (Å²) in [6, 6.07) is 2.72. The molecule has 1 N–H and O–H groups in total. The second-order valence-electron chi connectivity index (χ2n) is 4.74. The van der Waals surface area contributed by atoms with Crippen molar-refractivity contribution in [1.29, 1.82) is 5.26 Å². The molecule has 0 aromatic rings. The highest BCUT2D eigenvalue weighted by Gasteiger charge is 2.27. The monoisotopic (exact) mass is 241 g/mol. The Morgan fingerprint density at radius 1 is 1.47 bits per heavy atom. The fourth-order valence-corrected chi connectivity index (χ4v) is 1.86. The van der Waals surface area contributed by atoms with Crippen molar-refractivity contribution in [3.8, 4) is 6.07 Å². The van der Waals surface area contributed by atoms with E-state index in [2.05, 4.69) is 37.1 Å². The van der Waals surface area contributed by atoms with E-state index < -0.39 is 5.54 Å². The highest BCUT2D eigenvalue weighted by molar-refractivity contribution is 5.06. The molecule has 0 spiro atoms. The van der Waals surface area contributed by atoms with Crippen molar-refractivity contribution in [3.63, 3.8) is 0 Å². The van der Waals surface area contributed by atoms with Gasteiger partial charge in [0.05, 0.1) is 12.7 Å². The topological polar surface area (TPSA) is 48.3 Å². The van der Waals surface area contributed by atoms with Gasteiger partial charge in [0, 0.05) is 19.7 Å². The van der Waals surface area contributed by atoms with E-state index in [1.807, 2.05) is 6.92 Å². The summed E-state index contributed by atoms with van der Waals surface area (Å²) in [5.41, 5.74) is -0.478. The van der Waals surface area contributed by atoms with Crippen molar-refractivity contribution >= 4 is 0 Å². The van der Waals surface area contributed by atoms with Crippen LogP contribution in [0.4, 0.5) is 0 Å². The van der Waals surface area contributed by atoms with Crippen LogP contribution in [0.2, 0.25) is 0 Å². The number of nitrogens with one attached hydrogen (secondary N) is 1. The van der Waals surface area contributed by atoms with Gasteiger partial charge in [0.1, 0.15) is 5.54 Å². The van der Waals surface area contributed by atoms with E-state index >= 15 is 0 Å². The molecule has 0 heterocycles. The first-order chi connectivity index (χ1) is 8.02. The summed E-state index contributed by atoms with van der Waals surface area (Å²) in [5.74, 6) is 0. The van der Waals surface area contributed by atoms with Gasteiger partial charge < -0.3 is 4.74 Å². The van der Waals surface area contributed by atoms with Gasteiger partial charge in [0.25, 0.3) is 0 Å². The quantitative estimate of drug-likeness (QED) is 0.666. The molecule has 0 aromatic carbocycles. The Morgan fingerprint density at radius 2 is 2.12 bits per heavy atom. The molecule has 0 aliphatic carbocycles. The Hall–Kier alpha value is -0.630. The zero-order chi connectivity index (χ0) is 13.3. The van der Waals surface area contributed by atoms with E-state index in [4.69, 9.17) is 4.74 Å². The maximum absolute atomic E-state index is 9.30. The molecule has 2 unspecified atom stereocenters. The molecular formula is C13H27N3O. The Bertz CT molecular complexity index is 239. The SMILES string of the molecule is CCCNC(C)(C#N)CN(CC)C(C)COC. The van der Waals surface area contributed by atoms with Crippen LogP contribution in [0.5, 0.6) is 0 Å². The number of rotatable bonds is 9. The normalized spacial score (nSPS) is 16.5. The van der Waals surface area contributed by atoms with Gasteiger partial charge in [0.2, 0.25) is 0 Å². The number of methoxy groups -OCH3 is 1. The van der Waals surface area contributed by atoms with Crippen LogP contribution in [0.25, 0.3) is 0 Å². The lowest BCUT2D eigenvalue weighted by molar-refractivity contribution is 0.0900. The summed E-state index contributed by atoms with van der Waals surface area (Å²) in [4.78, 5) is 2.27. The Labute approximate surface area is 106 Å². The molecule has 0 saturated heterocycles. The van der Waals surface area contributed by atoms with Crippen LogP contribution in [-0.4, -0.2) is 49.8 Å². The van der Waals surface area contributed by atoms with Gasteiger partial charge in [-0.1, -0.05) is 13.8 Å². The molecule has 0 rings (SSSR count). The Balaban J connectivity index is 4.45.